The maximum atomic E-state index is 12.4. The van der Waals surface area contributed by atoms with Gasteiger partial charge >= 0.3 is 0 Å². The van der Waals surface area contributed by atoms with Crippen molar-refractivity contribution < 1.29 is 4.79 Å². The SMILES string of the molecule is Cc1ccc2nc(-c3ccc(NC(=O)CSc4ncnc5ccccc45)cc3)sc2c1. The first-order valence-electron chi connectivity index (χ1n) is 9.76. The van der Waals surface area contributed by atoms with E-state index in [-0.39, 0.29) is 11.7 Å². The number of amides is 1. The normalized spacial score (nSPS) is 11.1. The molecule has 0 radical (unpaired) electrons. The van der Waals surface area contributed by atoms with Crippen LogP contribution in [0.15, 0.2) is 78.1 Å². The second kappa shape index (κ2) is 8.45. The number of fused-ring (bicyclic) bond motifs is 2. The molecule has 0 aliphatic heterocycles. The van der Waals surface area contributed by atoms with E-state index in [1.165, 1.54) is 28.4 Å². The van der Waals surface area contributed by atoms with E-state index in [2.05, 4.69) is 40.4 Å². The van der Waals surface area contributed by atoms with Gasteiger partial charge in [-0.05, 0) is 55.0 Å². The number of thiazole rings is 1. The van der Waals surface area contributed by atoms with Crippen molar-refractivity contribution in [3.8, 4) is 10.6 Å². The molecule has 31 heavy (non-hydrogen) atoms. The first-order chi connectivity index (χ1) is 15.2. The Labute approximate surface area is 187 Å². The fourth-order valence-electron chi connectivity index (χ4n) is 3.28. The molecule has 0 unspecified atom stereocenters. The van der Waals surface area contributed by atoms with Gasteiger partial charge in [0, 0.05) is 16.6 Å². The first kappa shape index (κ1) is 19.7. The number of para-hydroxylation sites is 1. The van der Waals surface area contributed by atoms with Crippen molar-refractivity contribution in [2.45, 2.75) is 11.9 Å². The van der Waals surface area contributed by atoms with Crippen LogP contribution in [0.1, 0.15) is 5.56 Å². The molecule has 0 spiro atoms. The van der Waals surface area contributed by atoms with E-state index in [1.807, 2.05) is 48.5 Å². The Kier molecular flexibility index (Phi) is 5.36. The van der Waals surface area contributed by atoms with Gasteiger partial charge in [-0.2, -0.15) is 0 Å². The second-order valence-electron chi connectivity index (χ2n) is 7.10. The molecule has 1 N–H and O–H groups in total. The van der Waals surface area contributed by atoms with Gasteiger partial charge in [-0.3, -0.25) is 4.79 Å². The minimum absolute atomic E-state index is 0.0732. The molecule has 2 heterocycles. The summed E-state index contributed by atoms with van der Waals surface area (Å²) in [5.41, 5.74) is 4.92. The standard InChI is InChI=1S/C24H18N4OS2/c1-15-6-11-20-21(12-15)31-23(28-20)16-7-9-17(10-8-16)27-22(29)13-30-24-18-4-2-3-5-19(18)25-14-26-24/h2-12,14H,13H2,1H3,(H,27,29). The Morgan fingerprint density at radius 1 is 1.00 bits per heavy atom. The van der Waals surface area contributed by atoms with E-state index in [0.29, 0.717) is 0 Å². The lowest BCUT2D eigenvalue weighted by atomic mass is 10.2. The van der Waals surface area contributed by atoms with Gasteiger partial charge in [0.2, 0.25) is 5.91 Å². The van der Waals surface area contributed by atoms with Crippen LogP contribution >= 0.6 is 23.1 Å². The summed E-state index contributed by atoms with van der Waals surface area (Å²) in [5.74, 6) is 0.205. The quantitative estimate of drug-likeness (QED) is 0.269. The molecule has 5 rings (SSSR count). The lowest BCUT2D eigenvalue weighted by molar-refractivity contribution is -0.113. The van der Waals surface area contributed by atoms with Crippen molar-refractivity contribution in [3.05, 3.63) is 78.6 Å². The van der Waals surface area contributed by atoms with Crippen LogP contribution in [0.3, 0.4) is 0 Å². The molecule has 0 saturated heterocycles. The van der Waals surface area contributed by atoms with Gasteiger partial charge in [-0.15, -0.1) is 11.3 Å². The van der Waals surface area contributed by atoms with Gasteiger partial charge in [0.05, 0.1) is 21.5 Å². The number of carbonyl (C=O) groups excluding carboxylic acids is 1. The Morgan fingerprint density at radius 2 is 1.84 bits per heavy atom. The molecular weight excluding hydrogens is 424 g/mol. The van der Waals surface area contributed by atoms with Gasteiger partial charge in [-0.1, -0.05) is 36.0 Å². The molecule has 0 fully saturated rings. The minimum Gasteiger partial charge on any atom is -0.325 e. The van der Waals surface area contributed by atoms with Gasteiger partial charge in [0.15, 0.2) is 0 Å². The van der Waals surface area contributed by atoms with Crippen molar-refractivity contribution in [1.82, 2.24) is 15.0 Å². The molecule has 0 bridgehead atoms. The topological polar surface area (TPSA) is 67.8 Å². The van der Waals surface area contributed by atoms with E-state index in [0.717, 1.165) is 37.7 Å². The summed E-state index contributed by atoms with van der Waals surface area (Å²) in [4.78, 5) is 25.7. The lowest BCUT2D eigenvalue weighted by Gasteiger charge is -2.07. The van der Waals surface area contributed by atoms with Crippen molar-refractivity contribution >= 4 is 55.8 Å². The van der Waals surface area contributed by atoms with E-state index in [4.69, 9.17) is 4.98 Å². The van der Waals surface area contributed by atoms with Crippen molar-refractivity contribution in [3.63, 3.8) is 0 Å². The van der Waals surface area contributed by atoms with Gasteiger partial charge in [0.25, 0.3) is 0 Å². The summed E-state index contributed by atoms with van der Waals surface area (Å²) in [6.45, 7) is 2.09. The fourth-order valence-corrected chi connectivity index (χ4v) is 5.14. The predicted octanol–water partition coefficient (Wildman–Crippen LogP) is 5.95. The molecule has 2 aromatic heterocycles. The summed E-state index contributed by atoms with van der Waals surface area (Å²) < 4.78 is 1.18. The predicted molar refractivity (Wildman–Crippen MR) is 129 cm³/mol. The number of benzene rings is 3. The van der Waals surface area contributed by atoms with Crippen LogP contribution in [0.25, 0.3) is 31.7 Å². The Hall–Kier alpha value is -3.29. The third-order valence-electron chi connectivity index (χ3n) is 4.81. The number of carbonyl (C=O) groups is 1. The maximum absolute atomic E-state index is 12.4. The number of nitrogens with one attached hydrogen (secondary N) is 1. The largest absolute Gasteiger partial charge is 0.325 e. The molecule has 0 aliphatic carbocycles. The van der Waals surface area contributed by atoms with Gasteiger partial charge in [0.1, 0.15) is 16.4 Å². The minimum atomic E-state index is -0.0732. The van der Waals surface area contributed by atoms with E-state index in [9.17, 15) is 4.79 Å². The molecule has 7 heteroatoms. The fraction of sp³-hybridized carbons (Fsp3) is 0.0833. The highest BCUT2D eigenvalue weighted by Crippen LogP contribution is 2.31. The number of thioether (sulfide) groups is 1. The van der Waals surface area contributed by atoms with Crippen molar-refractivity contribution in [2.24, 2.45) is 0 Å². The summed E-state index contributed by atoms with van der Waals surface area (Å²) in [7, 11) is 0. The zero-order valence-electron chi connectivity index (χ0n) is 16.7. The number of anilines is 1. The molecule has 3 aromatic carbocycles. The van der Waals surface area contributed by atoms with Crippen LogP contribution in [-0.2, 0) is 4.79 Å². The zero-order valence-corrected chi connectivity index (χ0v) is 18.3. The number of hydrogen-bond acceptors (Lipinski definition) is 6. The summed E-state index contributed by atoms with van der Waals surface area (Å²) in [6.07, 6.45) is 1.53. The van der Waals surface area contributed by atoms with Gasteiger partial charge < -0.3 is 5.32 Å². The molecule has 5 aromatic rings. The molecule has 152 valence electrons. The molecule has 0 aliphatic rings. The highest BCUT2D eigenvalue weighted by molar-refractivity contribution is 8.00. The average Bonchev–Trinajstić information content (AvgIpc) is 3.21. The van der Waals surface area contributed by atoms with Crippen LogP contribution in [0.4, 0.5) is 5.69 Å². The smallest absolute Gasteiger partial charge is 0.234 e. The van der Waals surface area contributed by atoms with Crippen LogP contribution in [0.2, 0.25) is 0 Å². The second-order valence-corrected chi connectivity index (χ2v) is 9.10. The third-order valence-corrected chi connectivity index (χ3v) is 6.88. The Balaban J connectivity index is 1.25. The van der Waals surface area contributed by atoms with Crippen LogP contribution in [0.5, 0.6) is 0 Å². The molecule has 1 amide bonds. The zero-order chi connectivity index (χ0) is 21.2. The van der Waals surface area contributed by atoms with E-state index < -0.39 is 0 Å². The maximum Gasteiger partial charge on any atom is 0.234 e. The van der Waals surface area contributed by atoms with Gasteiger partial charge in [-0.25, -0.2) is 15.0 Å². The molecule has 5 nitrogen and oxygen atoms in total. The molecular formula is C24H18N4OS2. The highest BCUT2D eigenvalue weighted by Gasteiger charge is 2.10. The van der Waals surface area contributed by atoms with Crippen LogP contribution in [0, 0.1) is 6.92 Å². The summed E-state index contributed by atoms with van der Waals surface area (Å²) >= 11 is 3.09. The van der Waals surface area contributed by atoms with E-state index >= 15 is 0 Å². The first-order valence-corrected chi connectivity index (χ1v) is 11.6. The number of nitrogens with zero attached hydrogens (tertiary/aromatic N) is 3. The van der Waals surface area contributed by atoms with Crippen LogP contribution < -0.4 is 5.32 Å². The summed E-state index contributed by atoms with van der Waals surface area (Å²) in [5, 5.41) is 5.69. The average molecular weight is 443 g/mol. The Bertz CT molecular complexity index is 1390. The number of aromatic nitrogens is 3. The number of hydrogen-bond donors (Lipinski definition) is 1. The number of aryl methyl sites for hydroxylation is 1. The van der Waals surface area contributed by atoms with Crippen molar-refractivity contribution in [2.75, 3.05) is 11.1 Å². The molecule has 0 atom stereocenters. The van der Waals surface area contributed by atoms with E-state index in [1.54, 1.807) is 11.3 Å². The summed E-state index contributed by atoms with van der Waals surface area (Å²) in [6, 6.07) is 21.9. The third kappa shape index (κ3) is 4.28. The molecule has 0 saturated carbocycles. The highest BCUT2D eigenvalue weighted by atomic mass is 32.2. The van der Waals surface area contributed by atoms with Crippen LogP contribution in [-0.4, -0.2) is 26.6 Å². The Morgan fingerprint density at radius 3 is 2.71 bits per heavy atom. The lowest BCUT2D eigenvalue weighted by Crippen LogP contribution is -2.14. The number of rotatable bonds is 5. The van der Waals surface area contributed by atoms with Crippen molar-refractivity contribution in [1.29, 1.82) is 0 Å². The monoisotopic (exact) mass is 442 g/mol.